The molecule has 0 aromatic heterocycles. The maximum atomic E-state index is 11.3. The van der Waals surface area contributed by atoms with Crippen molar-refractivity contribution in [1.29, 1.82) is 0 Å². The van der Waals surface area contributed by atoms with Crippen molar-refractivity contribution in [2.45, 2.75) is 77.8 Å². The molecule has 0 aromatic rings. The van der Waals surface area contributed by atoms with Crippen LogP contribution in [0.25, 0.3) is 0 Å². The van der Waals surface area contributed by atoms with E-state index in [1.165, 1.54) is 0 Å². The summed E-state index contributed by atoms with van der Waals surface area (Å²) >= 11 is 0. The van der Waals surface area contributed by atoms with E-state index < -0.39 is 16.6 Å². The first-order chi connectivity index (χ1) is 7.36. The van der Waals surface area contributed by atoms with Gasteiger partial charge < -0.3 is 9.59 Å². The average molecular weight is 287 g/mol. The Morgan fingerprint density at radius 2 is 0.647 bits per heavy atom. The van der Waals surface area contributed by atoms with Gasteiger partial charge in [0.15, 0.2) is 0 Å². The molecule has 0 spiro atoms. The van der Waals surface area contributed by atoms with Crippen LogP contribution in [0.3, 0.4) is 0 Å². The molecule has 0 saturated carbocycles. The molecule has 0 aromatic carbocycles. The first-order valence-electron chi connectivity index (χ1n) is 6.77. The van der Waals surface area contributed by atoms with E-state index >= 15 is 0 Å². The van der Waals surface area contributed by atoms with E-state index in [-0.39, 0.29) is 23.1 Å². The molecule has 0 radical (unpaired) electrons. The van der Waals surface area contributed by atoms with Crippen molar-refractivity contribution in [2.24, 2.45) is 0 Å². The normalized spacial score (nSPS) is 11.3. The van der Waals surface area contributed by atoms with Gasteiger partial charge in [0.25, 0.3) is 0 Å². The van der Waals surface area contributed by atoms with E-state index in [0.717, 1.165) is 36.3 Å². The Hall–Kier alpha value is 1.12. The minimum atomic E-state index is -1.92. The fraction of sp³-hybridized carbons (Fsp3) is 1.00. The first kappa shape index (κ1) is 23.2. The van der Waals surface area contributed by atoms with Gasteiger partial charge in [-0.05, 0) is 16.6 Å². The van der Waals surface area contributed by atoms with Gasteiger partial charge in [0.1, 0.15) is 0 Å². The third-order valence-corrected chi connectivity index (χ3v) is 11.6. The molecule has 17 heavy (non-hydrogen) atoms. The second-order valence-electron chi connectivity index (χ2n) is 4.49. The van der Waals surface area contributed by atoms with Crippen molar-refractivity contribution < 1.29 is 9.59 Å². The Labute approximate surface area is 127 Å². The molecule has 0 aliphatic heterocycles. The maximum absolute atomic E-state index is 11.3. The van der Waals surface area contributed by atoms with Crippen LogP contribution in [0, 0.1) is 0 Å². The van der Waals surface area contributed by atoms with Crippen LogP contribution in [0.5, 0.6) is 0 Å². The van der Waals surface area contributed by atoms with Gasteiger partial charge in [-0.25, -0.2) is 0 Å². The van der Waals surface area contributed by atoms with Crippen molar-refractivity contribution in [3.05, 3.63) is 0 Å². The SMILES string of the molecule is CC[Si]([O-])(CC)CC.CC[Si]([O-])(CC)CC.[Mg+2]. The molecule has 0 unspecified atom stereocenters. The van der Waals surface area contributed by atoms with Crippen LogP contribution in [0.2, 0.25) is 36.3 Å². The Kier molecular flexibility index (Phi) is 16.6. The monoisotopic (exact) mass is 286 g/mol. The topological polar surface area (TPSA) is 46.1 Å². The van der Waals surface area contributed by atoms with Gasteiger partial charge in [-0.1, -0.05) is 77.8 Å². The predicted octanol–water partition coefficient (Wildman–Crippen LogP) is 2.32. The predicted molar refractivity (Wildman–Crippen MR) is 80.1 cm³/mol. The van der Waals surface area contributed by atoms with E-state index in [4.69, 9.17) is 0 Å². The Balaban J connectivity index is -0.000000218. The summed E-state index contributed by atoms with van der Waals surface area (Å²) in [5, 5.41) is 0. The molecule has 0 amide bonds. The standard InChI is InChI=1S/2C6H15OSi.Mg/c2*1-4-8(7,5-2)6-3;/h2*4-6H2,1-3H3;/q2*-1;+2. The second kappa shape index (κ2) is 12.2. The van der Waals surface area contributed by atoms with Crippen molar-refractivity contribution in [2.75, 3.05) is 0 Å². The summed E-state index contributed by atoms with van der Waals surface area (Å²) in [6, 6.07) is 5.42. The molecule has 0 bridgehead atoms. The summed E-state index contributed by atoms with van der Waals surface area (Å²) < 4.78 is 0. The van der Waals surface area contributed by atoms with Gasteiger partial charge in [-0.3, -0.25) is 0 Å². The fourth-order valence-electron chi connectivity index (χ4n) is 1.50. The minimum absolute atomic E-state index is 0. The van der Waals surface area contributed by atoms with Gasteiger partial charge in [0.05, 0.1) is 0 Å². The summed E-state index contributed by atoms with van der Waals surface area (Å²) in [6.07, 6.45) is 0. The van der Waals surface area contributed by atoms with Crippen LogP contribution < -0.4 is 9.59 Å². The summed E-state index contributed by atoms with van der Waals surface area (Å²) in [7, 11) is -3.84. The average Bonchev–Trinajstić information content (AvgIpc) is 2.37. The largest absolute Gasteiger partial charge is 2.00 e. The minimum Gasteiger partial charge on any atom is -0.858 e. The summed E-state index contributed by atoms with van der Waals surface area (Å²) in [5.41, 5.74) is 0. The Morgan fingerprint density at radius 1 is 0.529 bits per heavy atom. The number of hydrogen-bond donors (Lipinski definition) is 0. The van der Waals surface area contributed by atoms with Crippen LogP contribution in [-0.2, 0) is 0 Å². The number of hydrogen-bond acceptors (Lipinski definition) is 2. The van der Waals surface area contributed by atoms with Crippen LogP contribution in [0.1, 0.15) is 41.5 Å². The van der Waals surface area contributed by atoms with Crippen LogP contribution in [-0.4, -0.2) is 39.7 Å². The fourth-order valence-corrected chi connectivity index (χ4v) is 4.50. The van der Waals surface area contributed by atoms with Crippen molar-refractivity contribution in [1.82, 2.24) is 0 Å². The molecule has 0 aliphatic carbocycles. The molecule has 0 aliphatic rings. The van der Waals surface area contributed by atoms with Gasteiger partial charge in [0, 0.05) is 0 Å². The van der Waals surface area contributed by atoms with E-state index in [2.05, 4.69) is 0 Å². The van der Waals surface area contributed by atoms with Gasteiger partial charge in [0.2, 0.25) is 0 Å². The van der Waals surface area contributed by atoms with E-state index in [1.54, 1.807) is 0 Å². The quantitative estimate of drug-likeness (QED) is 0.704. The smallest absolute Gasteiger partial charge is 0.858 e. The molecule has 2 nitrogen and oxygen atoms in total. The van der Waals surface area contributed by atoms with Crippen molar-refractivity contribution >= 4 is 39.7 Å². The third-order valence-electron chi connectivity index (χ3n) is 3.87. The number of rotatable bonds is 6. The van der Waals surface area contributed by atoms with Crippen LogP contribution >= 0.6 is 0 Å². The molecule has 0 fully saturated rings. The Morgan fingerprint density at radius 3 is 0.647 bits per heavy atom. The third kappa shape index (κ3) is 10.7. The molecule has 0 heterocycles. The summed E-state index contributed by atoms with van der Waals surface area (Å²) in [6.45, 7) is 12.1. The maximum Gasteiger partial charge on any atom is 2.00 e. The zero-order valence-electron chi connectivity index (χ0n) is 12.8. The van der Waals surface area contributed by atoms with E-state index in [9.17, 15) is 9.59 Å². The molecule has 100 valence electrons. The van der Waals surface area contributed by atoms with Gasteiger partial charge in [-0.15, -0.1) is 0 Å². The molecule has 0 atom stereocenters. The van der Waals surface area contributed by atoms with Gasteiger partial charge >= 0.3 is 23.1 Å². The summed E-state index contributed by atoms with van der Waals surface area (Å²) in [4.78, 5) is 22.7. The van der Waals surface area contributed by atoms with E-state index in [0.29, 0.717) is 0 Å². The molecule has 0 N–H and O–H groups in total. The van der Waals surface area contributed by atoms with Crippen LogP contribution in [0.15, 0.2) is 0 Å². The van der Waals surface area contributed by atoms with Gasteiger partial charge in [-0.2, -0.15) is 0 Å². The van der Waals surface area contributed by atoms with Crippen molar-refractivity contribution in [3.8, 4) is 0 Å². The zero-order chi connectivity index (χ0) is 13.2. The van der Waals surface area contributed by atoms with E-state index in [1.807, 2.05) is 41.5 Å². The zero-order valence-corrected chi connectivity index (χ0v) is 16.2. The second-order valence-corrected chi connectivity index (χ2v) is 13.5. The van der Waals surface area contributed by atoms with Crippen LogP contribution in [0.4, 0.5) is 0 Å². The first-order valence-corrected chi connectivity index (χ1v) is 11.8. The molecule has 5 heteroatoms. The molecular formula is C12H30MgO2Si2. The molecule has 0 saturated heterocycles. The molecular weight excluding hydrogens is 257 g/mol. The Bertz CT molecular complexity index is 126. The molecule has 0 rings (SSSR count). The summed E-state index contributed by atoms with van der Waals surface area (Å²) in [5.74, 6) is 0. The van der Waals surface area contributed by atoms with Crippen molar-refractivity contribution in [3.63, 3.8) is 0 Å².